The summed E-state index contributed by atoms with van der Waals surface area (Å²) in [5.41, 5.74) is 5.65. The van der Waals surface area contributed by atoms with E-state index in [2.05, 4.69) is 52.3 Å². The molecule has 1 N–H and O–H groups in total. The third kappa shape index (κ3) is 4.67. The molecule has 1 aliphatic rings. The van der Waals surface area contributed by atoms with Crippen molar-refractivity contribution in [2.75, 3.05) is 13.2 Å². The molecule has 0 amide bonds. The molecule has 0 saturated carbocycles. The van der Waals surface area contributed by atoms with E-state index in [1.54, 1.807) is 0 Å². The van der Waals surface area contributed by atoms with Gasteiger partial charge < -0.3 is 9.84 Å². The maximum absolute atomic E-state index is 10.8. The number of pyridine rings is 1. The van der Waals surface area contributed by atoms with Gasteiger partial charge in [0.1, 0.15) is 12.4 Å². The molecule has 4 aromatic rings. The molecule has 4 nitrogen and oxygen atoms in total. The molecular formula is C28H28N2O2. The smallest absolute Gasteiger partial charge is 0.123 e. The summed E-state index contributed by atoms with van der Waals surface area (Å²) in [5, 5.41) is 12.0. The Bertz CT molecular complexity index is 1190. The molecule has 2 heterocycles. The van der Waals surface area contributed by atoms with Crippen molar-refractivity contribution in [3.8, 4) is 5.75 Å². The van der Waals surface area contributed by atoms with Crippen molar-refractivity contribution < 1.29 is 9.84 Å². The fourth-order valence-electron chi connectivity index (χ4n) is 4.47. The molecule has 0 saturated heterocycles. The highest BCUT2D eigenvalue weighted by atomic mass is 16.5. The number of hydrogen-bond acceptors (Lipinski definition) is 4. The number of benzene rings is 3. The van der Waals surface area contributed by atoms with Gasteiger partial charge in [-0.05, 0) is 53.8 Å². The van der Waals surface area contributed by atoms with Gasteiger partial charge in [0.2, 0.25) is 0 Å². The van der Waals surface area contributed by atoms with E-state index < -0.39 is 6.10 Å². The van der Waals surface area contributed by atoms with Crippen LogP contribution in [0.15, 0.2) is 85.1 Å². The van der Waals surface area contributed by atoms with Crippen molar-refractivity contribution in [2.24, 2.45) is 0 Å². The van der Waals surface area contributed by atoms with Crippen LogP contribution in [0, 0.1) is 0 Å². The fraction of sp³-hybridized carbons (Fsp3) is 0.250. The van der Waals surface area contributed by atoms with Crippen LogP contribution in [0.3, 0.4) is 0 Å². The number of aryl methyl sites for hydroxylation is 1. The van der Waals surface area contributed by atoms with Gasteiger partial charge in [0, 0.05) is 36.8 Å². The number of hydrogen-bond donors (Lipinski definition) is 1. The van der Waals surface area contributed by atoms with E-state index in [4.69, 9.17) is 4.74 Å². The van der Waals surface area contributed by atoms with E-state index >= 15 is 0 Å². The zero-order valence-electron chi connectivity index (χ0n) is 18.2. The van der Waals surface area contributed by atoms with Gasteiger partial charge in [-0.25, -0.2) is 0 Å². The Balaban J connectivity index is 1.31. The maximum atomic E-state index is 10.8. The highest BCUT2D eigenvalue weighted by molar-refractivity contribution is 5.81. The van der Waals surface area contributed by atoms with Crippen molar-refractivity contribution in [3.63, 3.8) is 0 Å². The molecule has 0 radical (unpaired) electrons. The van der Waals surface area contributed by atoms with E-state index in [0.717, 1.165) is 48.4 Å². The Labute approximate surface area is 189 Å². The van der Waals surface area contributed by atoms with Crippen LogP contribution in [0.5, 0.6) is 5.75 Å². The summed E-state index contributed by atoms with van der Waals surface area (Å²) in [5.74, 6) is 0.922. The molecule has 0 aliphatic carbocycles. The van der Waals surface area contributed by atoms with Crippen LogP contribution >= 0.6 is 0 Å². The highest BCUT2D eigenvalue weighted by Gasteiger charge is 2.18. The highest BCUT2D eigenvalue weighted by Crippen LogP contribution is 2.29. The molecule has 1 atom stereocenters. The third-order valence-electron chi connectivity index (χ3n) is 6.21. The molecule has 4 heteroatoms. The van der Waals surface area contributed by atoms with E-state index in [-0.39, 0.29) is 0 Å². The number of ether oxygens (including phenoxy) is 1. The van der Waals surface area contributed by atoms with Gasteiger partial charge in [-0.3, -0.25) is 9.88 Å². The van der Waals surface area contributed by atoms with Gasteiger partial charge in [-0.15, -0.1) is 0 Å². The molecule has 3 aromatic carbocycles. The largest absolute Gasteiger partial charge is 0.492 e. The first-order chi connectivity index (χ1) is 15.8. The summed E-state index contributed by atoms with van der Waals surface area (Å²) in [7, 11) is 0. The van der Waals surface area contributed by atoms with Gasteiger partial charge in [-0.2, -0.15) is 0 Å². The number of fused-ring (bicyclic) bond motifs is 2. The standard InChI is InChI=1S/C28H28N2O2/c31-27(13-11-21-6-2-1-3-7-21)22-12-14-28-24(18-22)20-30(16-17-32-28)19-23-8-4-10-26-25(23)9-5-15-29-26/h1-10,12,14-15,18,27,31H,11,13,16-17,19-20H2. The first kappa shape index (κ1) is 20.7. The summed E-state index contributed by atoms with van der Waals surface area (Å²) in [4.78, 5) is 6.90. The summed E-state index contributed by atoms with van der Waals surface area (Å²) in [6.07, 6.45) is 2.92. The van der Waals surface area contributed by atoms with Crippen LogP contribution in [0.2, 0.25) is 0 Å². The zero-order valence-corrected chi connectivity index (χ0v) is 18.2. The van der Waals surface area contributed by atoms with Crippen molar-refractivity contribution in [1.29, 1.82) is 0 Å². The second kappa shape index (κ2) is 9.51. The van der Waals surface area contributed by atoms with Crippen LogP contribution < -0.4 is 4.74 Å². The van der Waals surface area contributed by atoms with Crippen molar-refractivity contribution >= 4 is 10.9 Å². The molecule has 1 aromatic heterocycles. The Kier molecular flexibility index (Phi) is 6.15. The van der Waals surface area contributed by atoms with E-state index in [9.17, 15) is 5.11 Å². The molecule has 32 heavy (non-hydrogen) atoms. The summed E-state index contributed by atoms with van der Waals surface area (Å²) in [6.45, 7) is 3.15. The number of rotatable bonds is 6. The van der Waals surface area contributed by atoms with Gasteiger partial charge >= 0.3 is 0 Å². The van der Waals surface area contributed by atoms with Crippen LogP contribution in [0.25, 0.3) is 10.9 Å². The Morgan fingerprint density at radius 2 is 1.88 bits per heavy atom. The number of aliphatic hydroxyl groups is 1. The average molecular weight is 425 g/mol. The minimum Gasteiger partial charge on any atom is -0.492 e. The number of aromatic nitrogens is 1. The topological polar surface area (TPSA) is 45.6 Å². The Hall–Kier alpha value is -3.21. The van der Waals surface area contributed by atoms with Crippen molar-refractivity contribution in [1.82, 2.24) is 9.88 Å². The lowest BCUT2D eigenvalue weighted by Crippen LogP contribution is -2.25. The lowest BCUT2D eigenvalue weighted by Gasteiger charge is -2.21. The Morgan fingerprint density at radius 1 is 0.969 bits per heavy atom. The molecule has 162 valence electrons. The maximum Gasteiger partial charge on any atom is 0.123 e. The summed E-state index contributed by atoms with van der Waals surface area (Å²) >= 11 is 0. The number of nitrogens with zero attached hydrogens (tertiary/aromatic N) is 2. The first-order valence-electron chi connectivity index (χ1n) is 11.3. The fourth-order valence-corrected chi connectivity index (χ4v) is 4.47. The lowest BCUT2D eigenvalue weighted by molar-refractivity contribution is 0.167. The van der Waals surface area contributed by atoms with E-state index in [1.165, 1.54) is 16.5 Å². The van der Waals surface area contributed by atoms with Gasteiger partial charge in [0.15, 0.2) is 0 Å². The number of aliphatic hydroxyl groups excluding tert-OH is 1. The van der Waals surface area contributed by atoms with Gasteiger partial charge in [0.25, 0.3) is 0 Å². The van der Waals surface area contributed by atoms with Crippen LogP contribution in [-0.4, -0.2) is 28.1 Å². The SMILES string of the molecule is OC(CCc1ccccc1)c1ccc2c(c1)CN(Cc1cccc3ncccc13)CCO2. The molecule has 0 bridgehead atoms. The molecule has 5 rings (SSSR count). The zero-order chi connectivity index (χ0) is 21.8. The second-order valence-corrected chi connectivity index (χ2v) is 8.45. The molecule has 0 fully saturated rings. The molecule has 1 aliphatic heterocycles. The minimum atomic E-state index is -0.485. The molecular weight excluding hydrogens is 396 g/mol. The predicted octanol–water partition coefficient (Wildman–Crippen LogP) is 5.30. The van der Waals surface area contributed by atoms with Gasteiger partial charge in [0.05, 0.1) is 11.6 Å². The minimum absolute atomic E-state index is 0.485. The molecule has 0 spiro atoms. The normalized spacial score (nSPS) is 15.0. The lowest BCUT2D eigenvalue weighted by atomic mass is 9.99. The summed E-state index contributed by atoms with van der Waals surface area (Å²) in [6, 6.07) is 26.9. The average Bonchev–Trinajstić information content (AvgIpc) is 3.04. The monoisotopic (exact) mass is 424 g/mol. The van der Waals surface area contributed by atoms with Crippen LogP contribution in [0.4, 0.5) is 0 Å². The third-order valence-corrected chi connectivity index (χ3v) is 6.21. The molecule has 1 unspecified atom stereocenters. The summed E-state index contributed by atoms with van der Waals surface area (Å²) < 4.78 is 6.03. The van der Waals surface area contributed by atoms with Crippen molar-refractivity contribution in [2.45, 2.75) is 32.0 Å². The predicted molar refractivity (Wildman–Crippen MR) is 128 cm³/mol. The van der Waals surface area contributed by atoms with Gasteiger partial charge in [-0.1, -0.05) is 54.6 Å². The van der Waals surface area contributed by atoms with Crippen LogP contribution in [-0.2, 0) is 19.5 Å². The quantitative estimate of drug-likeness (QED) is 0.456. The first-order valence-corrected chi connectivity index (χ1v) is 11.3. The van der Waals surface area contributed by atoms with E-state index in [0.29, 0.717) is 13.0 Å². The van der Waals surface area contributed by atoms with Crippen molar-refractivity contribution in [3.05, 3.63) is 107 Å². The van der Waals surface area contributed by atoms with Crippen LogP contribution in [0.1, 0.15) is 34.8 Å². The van der Waals surface area contributed by atoms with E-state index in [1.807, 2.05) is 42.6 Å². The Morgan fingerprint density at radius 3 is 2.78 bits per heavy atom. The second-order valence-electron chi connectivity index (χ2n) is 8.45.